The van der Waals surface area contributed by atoms with Crippen LogP contribution in [-0.2, 0) is 28.9 Å². The van der Waals surface area contributed by atoms with Crippen molar-refractivity contribution in [1.29, 1.82) is 0 Å². The Labute approximate surface area is 156 Å². The number of hydrogen-bond donors (Lipinski definition) is 2. The van der Waals surface area contributed by atoms with Crippen LogP contribution in [0.2, 0.25) is 5.02 Å². The first-order valence-corrected chi connectivity index (χ1v) is 8.82. The minimum atomic E-state index is -1.17. The molecule has 136 valence electrons. The molecule has 2 N–H and O–H groups in total. The molecule has 2 aromatic carbocycles. The van der Waals surface area contributed by atoms with E-state index in [0.29, 0.717) is 16.3 Å². The monoisotopic (exact) mass is 373 g/mol. The molecule has 3 rings (SSSR count). The van der Waals surface area contributed by atoms with E-state index in [9.17, 15) is 14.7 Å². The van der Waals surface area contributed by atoms with Crippen molar-refractivity contribution < 1.29 is 19.4 Å². The largest absolute Gasteiger partial charge is 0.495 e. The molecule has 0 radical (unpaired) electrons. The van der Waals surface area contributed by atoms with Gasteiger partial charge in [-0.3, -0.25) is 4.79 Å². The third-order valence-corrected chi connectivity index (χ3v) is 4.88. The topological polar surface area (TPSA) is 75.6 Å². The SMILES string of the molecule is COc1ccc(C(NC(=O)Cc2ccc3c(c2)CCC3)C(=O)O)cc1Cl. The van der Waals surface area contributed by atoms with E-state index in [1.165, 1.54) is 24.3 Å². The van der Waals surface area contributed by atoms with Gasteiger partial charge in [0, 0.05) is 0 Å². The lowest BCUT2D eigenvalue weighted by molar-refractivity contribution is -0.141. The Balaban J connectivity index is 1.72. The zero-order chi connectivity index (χ0) is 18.7. The minimum absolute atomic E-state index is 0.140. The van der Waals surface area contributed by atoms with Crippen molar-refractivity contribution in [1.82, 2.24) is 5.32 Å². The first-order valence-electron chi connectivity index (χ1n) is 8.44. The van der Waals surface area contributed by atoms with Crippen LogP contribution >= 0.6 is 11.6 Å². The molecule has 5 nitrogen and oxygen atoms in total. The molecule has 26 heavy (non-hydrogen) atoms. The van der Waals surface area contributed by atoms with Gasteiger partial charge in [0.05, 0.1) is 18.6 Å². The number of nitrogens with one attached hydrogen (secondary N) is 1. The number of benzene rings is 2. The van der Waals surface area contributed by atoms with Crippen molar-refractivity contribution in [3.8, 4) is 5.75 Å². The lowest BCUT2D eigenvalue weighted by Crippen LogP contribution is -2.34. The highest BCUT2D eigenvalue weighted by Gasteiger charge is 2.23. The van der Waals surface area contributed by atoms with Crippen molar-refractivity contribution in [3.05, 3.63) is 63.7 Å². The maximum absolute atomic E-state index is 12.4. The van der Waals surface area contributed by atoms with Gasteiger partial charge in [-0.1, -0.05) is 35.9 Å². The zero-order valence-corrected chi connectivity index (χ0v) is 15.2. The van der Waals surface area contributed by atoms with Crippen LogP contribution in [0.4, 0.5) is 0 Å². The van der Waals surface area contributed by atoms with Crippen molar-refractivity contribution >= 4 is 23.5 Å². The molecule has 1 atom stereocenters. The summed E-state index contributed by atoms with van der Waals surface area (Å²) in [4.78, 5) is 24.0. The number of hydrogen-bond acceptors (Lipinski definition) is 3. The summed E-state index contributed by atoms with van der Waals surface area (Å²) in [6.45, 7) is 0. The summed E-state index contributed by atoms with van der Waals surface area (Å²) in [6.07, 6.45) is 3.40. The van der Waals surface area contributed by atoms with Crippen LogP contribution in [0.1, 0.15) is 34.7 Å². The average molecular weight is 374 g/mol. The Morgan fingerprint density at radius 3 is 2.65 bits per heavy atom. The van der Waals surface area contributed by atoms with Crippen molar-refractivity contribution in [3.63, 3.8) is 0 Å². The predicted octanol–water partition coefficient (Wildman–Crippen LogP) is 3.32. The molecule has 0 saturated carbocycles. The van der Waals surface area contributed by atoms with Gasteiger partial charge in [-0.2, -0.15) is 0 Å². The van der Waals surface area contributed by atoms with Crippen LogP contribution in [0.5, 0.6) is 5.75 Å². The number of methoxy groups -OCH3 is 1. The van der Waals surface area contributed by atoms with Gasteiger partial charge in [-0.05, 0) is 53.6 Å². The molecule has 2 aromatic rings. The number of carbonyl (C=O) groups is 2. The highest BCUT2D eigenvalue weighted by Crippen LogP contribution is 2.28. The number of aliphatic carboxylic acids is 1. The molecule has 0 aromatic heterocycles. The first kappa shape index (κ1) is 18.3. The fraction of sp³-hybridized carbons (Fsp3) is 0.300. The lowest BCUT2D eigenvalue weighted by Gasteiger charge is -2.16. The molecule has 0 saturated heterocycles. The van der Waals surface area contributed by atoms with Gasteiger partial charge in [0.2, 0.25) is 5.91 Å². The molecule has 0 aliphatic heterocycles. The van der Waals surface area contributed by atoms with E-state index in [1.54, 1.807) is 12.1 Å². The fourth-order valence-corrected chi connectivity index (χ4v) is 3.55. The number of carboxylic acids is 1. The van der Waals surface area contributed by atoms with Gasteiger partial charge in [0.1, 0.15) is 5.75 Å². The van der Waals surface area contributed by atoms with Crippen LogP contribution in [0.15, 0.2) is 36.4 Å². The van der Waals surface area contributed by atoms with Gasteiger partial charge >= 0.3 is 5.97 Å². The smallest absolute Gasteiger partial charge is 0.330 e. The van der Waals surface area contributed by atoms with Crippen LogP contribution in [-0.4, -0.2) is 24.1 Å². The van der Waals surface area contributed by atoms with Crippen molar-refractivity contribution in [2.45, 2.75) is 31.7 Å². The van der Waals surface area contributed by atoms with Crippen LogP contribution in [0, 0.1) is 0 Å². The summed E-state index contributed by atoms with van der Waals surface area (Å²) in [7, 11) is 1.48. The quantitative estimate of drug-likeness (QED) is 0.814. The Kier molecular flexibility index (Phi) is 5.47. The number of halogens is 1. The highest BCUT2D eigenvalue weighted by molar-refractivity contribution is 6.32. The standard InChI is InChI=1S/C20H20ClNO4/c1-26-17-8-7-15(11-16(17)21)19(20(24)25)22-18(23)10-12-5-6-13-3-2-4-14(13)9-12/h5-9,11,19H,2-4,10H2,1H3,(H,22,23)(H,24,25). The number of amides is 1. The number of aryl methyl sites for hydroxylation is 2. The number of carbonyl (C=O) groups excluding carboxylic acids is 1. The van der Waals surface area contributed by atoms with Gasteiger partial charge < -0.3 is 15.2 Å². The van der Waals surface area contributed by atoms with E-state index < -0.39 is 12.0 Å². The maximum atomic E-state index is 12.4. The second-order valence-electron chi connectivity index (χ2n) is 6.37. The van der Waals surface area contributed by atoms with Crippen LogP contribution in [0.3, 0.4) is 0 Å². The van der Waals surface area contributed by atoms with E-state index in [4.69, 9.17) is 16.3 Å². The van der Waals surface area contributed by atoms with Crippen LogP contribution < -0.4 is 10.1 Å². The van der Waals surface area contributed by atoms with Gasteiger partial charge in [-0.25, -0.2) is 4.79 Å². The summed E-state index contributed by atoms with van der Waals surface area (Å²) < 4.78 is 5.07. The van der Waals surface area contributed by atoms with Crippen molar-refractivity contribution in [2.24, 2.45) is 0 Å². The first-order chi connectivity index (χ1) is 12.5. The predicted molar refractivity (Wildman–Crippen MR) is 98.7 cm³/mol. The third-order valence-electron chi connectivity index (χ3n) is 4.59. The molecule has 1 aliphatic rings. The molecule has 1 unspecified atom stereocenters. The molecule has 1 amide bonds. The van der Waals surface area contributed by atoms with E-state index in [2.05, 4.69) is 11.4 Å². The summed E-state index contributed by atoms with van der Waals surface area (Å²) in [5.41, 5.74) is 3.91. The molecule has 0 spiro atoms. The van der Waals surface area contributed by atoms with Crippen molar-refractivity contribution in [2.75, 3.05) is 7.11 Å². The van der Waals surface area contributed by atoms with Gasteiger partial charge in [-0.15, -0.1) is 0 Å². The summed E-state index contributed by atoms with van der Waals surface area (Å²) in [6, 6.07) is 9.53. The Morgan fingerprint density at radius 1 is 1.19 bits per heavy atom. The molecule has 1 aliphatic carbocycles. The second kappa shape index (κ2) is 7.79. The number of ether oxygens (including phenoxy) is 1. The minimum Gasteiger partial charge on any atom is -0.495 e. The Hall–Kier alpha value is -2.53. The highest BCUT2D eigenvalue weighted by atomic mass is 35.5. The molecular formula is C20H20ClNO4. The third kappa shape index (κ3) is 3.99. The van der Waals surface area contributed by atoms with E-state index in [1.807, 2.05) is 12.1 Å². The second-order valence-corrected chi connectivity index (χ2v) is 6.77. The Bertz CT molecular complexity index is 850. The van der Waals surface area contributed by atoms with E-state index >= 15 is 0 Å². The maximum Gasteiger partial charge on any atom is 0.330 e. The number of carboxylic acid groups (broad SMARTS) is 1. The van der Waals surface area contributed by atoms with Gasteiger partial charge in [0.25, 0.3) is 0 Å². The number of fused-ring (bicyclic) bond motifs is 1. The van der Waals surface area contributed by atoms with Gasteiger partial charge in [0.15, 0.2) is 6.04 Å². The number of rotatable bonds is 6. The normalized spacial score (nSPS) is 13.8. The fourth-order valence-electron chi connectivity index (χ4n) is 3.28. The molecular weight excluding hydrogens is 354 g/mol. The molecule has 6 heteroatoms. The average Bonchev–Trinajstić information content (AvgIpc) is 3.07. The molecule has 0 heterocycles. The molecule has 0 bridgehead atoms. The van der Waals surface area contributed by atoms with Crippen LogP contribution in [0.25, 0.3) is 0 Å². The molecule has 0 fully saturated rings. The van der Waals surface area contributed by atoms with E-state index in [0.717, 1.165) is 24.8 Å². The summed E-state index contributed by atoms with van der Waals surface area (Å²) in [5.74, 6) is -1.04. The lowest BCUT2D eigenvalue weighted by atomic mass is 10.0. The van der Waals surface area contributed by atoms with E-state index in [-0.39, 0.29) is 12.3 Å². The summed E-state index contributed by atoms with van der Waals surface area (Å²) in [5, 5.41) is 12.4. The zero-order valence-electron chi connectivity index (χ0n) is 14.4. The summed E-state index contributed by atoms with van der Waals surface area (Å²) >= 11 is 6.07. The Morgan fingerprint density at radius 2 is 1.96 bits per heavy atom.